The molecule has 0 amide bonds. The molecule has 0 unspecified atom stereocenters. The van der Waals surface area contributed by atoms with E-state index in [9.17, 15) is 0 Å². The number of fused-ring (bicyclic) bond motifs is 1. The molecule has 1 nitrogen and oxygen atoms in total. The van der Waals surface area contributed by atoms with Gasteiger partial charge in [0.25, 0.3) is 0 Å². The molecule has 86 valence electrons. The van der Waals surface area contributed by atoms with Gasteiger partial charge in [-0.25, -0.2) is 0 Å². The fourth-order valence-electron chi connectivity index (χ4n) is 2.58. The smallest absolute Gasteiger partial charge is 0.0436 e. The SMILES string of the molecule is Cc1cccc(N2Cc3ccccc3C2)c1C. The second-order valence-electron chi connectivity index (χ2n) is 4.84. The van der Waals surface area contributed by atoms with Gasteiger partial charge in [0.05, 0.1) is 0 Å². The highest BCUT2D eigenvalue weighted by atomic mass is 15.1. The third-order valence-electron chi connectivity index (χ3n) is 3.76. The number of anilines is 1. The normalized spacial score (nSPS) is 13.9. The number of hydrogen-bond donors (Lipinski definition) is 0. The van der Waals surface area contributed by atoms with Gasteiger partial charge in [-0.05, 0) is 42.2 Å². The molecule has 0 radical (unpaired) electrons. The van der Waals surface area contributed by atoms with Crippen LogP contribution in [0.4, 0.5) is 5.69 Å². The third-order valence-corrected chi connectivity index (χ3v) is 3.76. The highest BCUT2D eigenvalue weighted by Crippen LogP contribution is 2.31. The summed E-state index contributed by atoms with van der Waals surface area (Å²) in [5, 5.41) is 0. The number of hydrogen-bond acceptors (Lipinski definition) is 1. The largest absolute Gasteiger partial charge is 0.363 e. The molecule has 0 bridgehead atoms. The Bertz CT molecular complexity index is 532. The van der Waals surface area contributed by atoms with Crippen molar-refractivity contribution >= 4 is 5.69 Å². The van der Waals surface area contributed by atoms with Crippen LogP contribution in [-0.2, 0) is 13.1 Å². The van der Waals surface area contributed by atoms with Crippen molar-refractivity contribution in [1.29, 1.82) is 0 Å². The molecule has 1 aliphatic rings. The van der Waals surface area contributed by atoms with Crippen molar-refractivity contribution in [2.75, 3.05) is 4.90 Å². The predicted molar refractivity (Wildman–Crippen MR) is 72.2 cm³/mol. The van der Waals surface area contributed by atoms with E-state index >= 15 is 0 Å². The number of aryl methyl sites for hydroxylation is 1. The quantitative estimate of drug-likeness (QED) is 0.710. The molecule has 0 atom stereocenters. The fourth-order valence-corrected chi connectivity index (χ4v) is 2.58. The summed E-state index contributed by atoms with van der Waals surface area (Å²) < 4.78 is 0. The zero-order chi connectivity index (χ0) is 11.8. The molecule has 1 heterocycles. The number of rotatable bonds is 1. The minimum atomic E-state index is 1.04. The standard InChI is InChI=1S/C16H17N/c1-12-6-5-9-16(13(12)2)17-10-14-7-3-4-8-15(14)11-17/h3-9H,10-11H2,1-2H3. The van der Waals surface area contributed by atoms with Gasteiger partial charge in [0.2, 0.25) is 0 Å². The van der Waals surface area contributed by atoms with Gasteiger partial charge in [-0.1, -0.05) is 36.4 Å². The van der Waals surface area contributed by atoms with Crippen molar-refractivity contribution in [1.82, 2.24) is 0 Å². The molecule has 0 spiro atoms. The van der Waals surface area contributed by atoms with Gasteiger partial charge in [-0.15, -0.1) is 0 Å². The minimum Gasteiger partial charge on any atom is -0.363 e. The van der Waals surface area contributed by atoms with E-state index in [-0.39, 0.29) is 0 Å². The lowest BCUT2D eigenvalue weighted by Gasteiger charge is -2.21. The fraction of sp³-hybridized carbons (Fsp3) is 0.250. The van der Waals surface area contributed by atoms with Crippen LogP contribution in [0.3, 0.4) is 0 Å². The van der Waals surface area contributed by atoms with Crippen LogP contribution in [0.25, 0.3) is 0 Å². The monoisotopic (exact) mass is 223 g/mol. The zero-order valence-corrected chi connectivity index (χ0v) is 10.4. The van der Waals surface area contributed by atoms with E-state index in [0.29, 0.717) is 0 Å². The topological polar surface area (TPSA) is 3.24 Å². The Morgan fingerprint density at radius 3 is 2.12 bits per heavy atom. The Morgan fingerprint density at radius 2 is 1.47 bits per heavy atom. The number of benzene rings is 2. The van der Waals surface area contributed by atoms with Crippen molar-refractivity contribution in [3.63, 3.8) is 0 Å². The van der Waals surface area contributed by atoms with Crippen LogP contribution in [0.15, 0.2) is 42.5 Å². The highest BCUT2D eigenvalue weighted by molar-refractivity contribution is 5.58. The first kappa shape index (κ1) is 10.4. The van der Waals surface area contributed by atoms with E-state index < -0.39 is 0 Å². The molecule has 0 aromatic heterocycles. The summed E-state index contributed by atoms with van der Waals surface area (Å²) in [6.07, 6.45) is 0. The Hall–Kier alpha value is -1.76. The van der Waals surface area contributed by atoms with E-state index in [1.807, 2.05) is 0 Å². The van der Waals surface area contributed by atoms with Crippen molar-refractivity contribution in [3.05, 3.63) is 64.7 Å². The summed E-state index contributed by atoms with van der Waals surface area (Å²) in [6, 6.07) is 15.3. The summed E-state index contributed by atoms with van der Waals surface area (Å²) in [5.41, 5.74) is 7.08. The Balaban J connectivity index is 1.97. The molecule has 1 aliphatic heterocycles. The van der Waals surface area contributed by atoms with E-state index in [1.165, 1.54) is 27.9 Å². The summed E-state index contributed by atoms with van der Waals surface area (Å²) in [6.45, 7) is 6.48. The van der Waals surface area contributed by atoms with Crippen LogP contribution in [0, 0.1) is 13.8 Å². The first-order chi connectivity index (χ1) is 8.25. The first-order valence-electron chi connectivity index (χ1n) is 6.13. The van der Waals surface area contributed by atoms with Gasteiger partial charge in [-0.3, -0.25) is 0 Å². The van der Waals surface area contributed by atoms with Crippen LogP contribution >= 0.6 is 0 Å². The highest BCUT2D eigenvalue weighted by Gasteiger charge is 2.19. The van der Waals surface area contributed by atoms with E-state index in [4.69, 9.17) is 0 Å². The minimum absolute atomic E-state index is 1.04. The average molecular weight is 223 g/mol. The molecule has 0 fully saturated rings. The lowest BCUT2D eigenvalue weighted by Crippen LogP contribution is -2.15. The molecule has 0 N–H and O–H groups in total. The van der Waals surface area contributed by atoms with Crippen molar-refractivity contribution in [2.24, 2.45) is 0 Å². The van der Waals surface area contributed by atoms with Crippen molar-refractivity contribution in [3.8, 4) is 0 Å². The molecule has 0 aliphatic carbocycles. The predicted octanol–water partition coefficient (Wildman–Crippen LogP) is 3.82. The Kier molecular flexibility index (Phi) is 2.40. The summed E-state index contributed by atoms with van der Waals surface area (Å²) in [4.78, 5) is 2.47. The third kappa shape index (κ3) is 1.72. The average Bonchev–Trinajstić information content (AvgIpc) is 2.76. The molecule has 0 saturated heterocycles. The van der Waals surface area contributed by atoms with E-state index in [0.717, 1.165) is 13.1 Å². The van der Waals surface area contributed by atoms with Gasteiger partial charge in [0.1, 0.15) is 0 Å². The lowest BCUT2D eigenvalue weighted by atomic mass is 10.1. The number of nitrogens with zero attached hydrogens (tertiary/aromatic N) is 1. The van der Waals surface area contributed by atoms with E-state index in [2.05, 4.69) is 61.2 Å². The summed E-state index contributed by atoms with van der Waals surface area (Å²) >= 11 is 0. The maximum Gasteiger partial charge on any atom is 0.0436 e. The van der Waals surface area contributed by atoms with Gasteiger partial charge < -0.3 is 4.90 Å². The summed E-state index contributed by atoms with van der Waals surface area (Å²) in [7, 11) is 0. The molecule has 1 heteroatoms. The van der Waals surface area contributed by atoms with Crippen LogP contribution < -0.4 is 4.90 Å². The van der Waals surface area contributed by atoms with E-state index in [1.54, 1.807) is 0 Å². The van der Waals surface area contributed by atoms with Crippen LogP contribution in [-0.4, -0.2) is 0 Å². The second-order valence-corrected chi connectivity index (χ2v) is 4.84. The second kappa shape index (κ2) is 3.92. The maximum absolute atomic E-state index is 2.47. The molecular weight excluding hydrogens is 206 g/mol. The van der Waals surface area contributed by atoms with Gasteiger partial charge in [-0.2, -0.15) is 0 Å². The molecule has 2 aromatic rings. The molecule has 17 heavy (non-hydrogen) atoms. The van der Waals surface area contributed by atoms with Crippen LogP contribution in [0.2, 0.25) is 0 Å². The lowest BCUT2D eigenvalue weighted by molar-refractivity contribution is 0.873. The Labute approximate surface area is 103 Å². The summed E-state index contributed by atoms with van der Waals surface area (Å²) in [5.74, 6) is 0. The van der Waals surface area contributed by atoms with Crippen molar-refractivity contribution < 1.29 is 0 Å². The molecule has 0 saturated carbocycles. The first-order valence-corrected chi connectivity index (χ1v) is 6.13. The Morgan fingerprint density at radius 1 is 0.824 bits per heavy atom. The van der Waals surface area contributed by atoms with Crippen LogP contribution in [0.5, 0.6) is 0 Å². The molecular formula is C16H17N. The van der Waals surface area contributed by atoms with Gasteiger partial charge >= 0.3 is 0 Å². The maximum atomic E-state index is 2.47. The van der Waals surface area contributed by atoms with Gasteiger partial charge in [0, 0.05) is 18.8 Å². The molecule has 3 rings (SSSR count). The van der Waals surface area contributed by atoms with Gasteiger partial charge in [0.15, 0.2) is 0 Å². The van der Waals surface area contributed by atoms with Crippen LogP contribution in [0.1, 0.15) is 22.3 Å². The molecule has 2 aromatic carbocycles. The van der Waals surface area contributed by atoms with Crippen molar-refractivity contribution in [2.45, 2.75) is 26.9 Å². The zero-order valence-electron chi connectivity index (χ0n) is 10.4.